The van der Waals surface area contributed by atoms with E-state index in [1.165, 1.54) is 0 Å². The van der Waals surface area contributed by atoms with Crippen molar-refractivity contribution in [3.05, 3.63) is 29.9 Å². The van der Waals surface area contributed by atoms with E-state index < -0.39 is 0 Å². The Morgan fingerprint density at radius 2 is 2.22 bits per heavy atom. The van der Waals surface area contributed by atoms with Gasteiger partial charge in [0.2, 0.25) is 5.89 Å². The lowest BCUT2D eigenvalue weighted by molar-refractivity contribution is 0.364. The highest BCUT2D eigenvalue weighted by atomic mass is 16.5. The summed E-state index contributed by atoms with van der Waals surface area (Å²) < 4.78 is 7.06. The summed E-state index contributed by atoms with van der Waals surface area (Å²) in [5, 5.41) is 3.77. The van der Waals surface area contributed by atoms with Gasteiger partial charge in [0.25, 0.3) is 0 Å². The van der Waals surface area contributed by atoms with Gasteiger partial charge in [-0.05, 0) is 19.3 Å². The number of nitrogens with zero attached hydrogens (tertiary/aromatic N) is 4. The van der Waals surface area contributed by atoms with E-state index in [-0.39, 0.29) is 6.04 Å². The van der Waals surface area contributed by atoms with Crippen molar-refractivity contribution in [3.63, 3.8) is 0 Å². The van der Waals surface area contributed by atoms with Crippen LogP contribution in [0.4, 0.5) is 0 Å². The number of hydrogen-bond donors (Lipinski definition) is 1. The van der Waals surface area contributed by atoms with Gasteiger partial charge in [-0.3, -0.25) is 0 Å². The quantitative estimate of drug-likeness (QED) is 0.871. The number of hydrogen-bond acceptors (Lipinski definition) is 5. The van der Waals surface area contributed by atoms with E-state index in [9.17, 15) is 0 Å². The molecular formula is C12H19N5O. The molecule has 18 heavy (non-hydrogen) atoms. The van der Waals surface area contributed by atoms with E-state index in [2.05, 4.69) is 29.0 Å². The molecule has 1 atom stereocenters. The van der Waals surface area contributed by atoms with Crippen molar-refractivity contribution in [3.8, 4) is 0 Å². The molecule has 2 aromatic heterocycles. The third-order valence-electron chi connectivity index (χ3n) is 2.72. The first-order valence-electron chi connectivity index (χ1n) is 6.11. The van der Waals surface area contributed by atoms with E-state index in [1.54, 1.807) is 19.4 Å². The monoisotopic (exact) mass is 249 g/mol. The van der Waals surface area contributed by atoms with Crippen LogP contribution in [-0.2, 0) is 6.54 Å². The highest BCUT2D eigenvalue weighted by Gasteiger charge is 2.14. The molecule has 2 N–H and O–H groups in total. The molecule has 0 aliphatic heterocycles. The van der Waals surface area contributed by atoms with Crippen molar-refractivity contribution in [1.82, 2.24) is 19.7 Å². The fraction of sp³-hybridized carbons (Fsp3) is 0.583. The van der Waals surface area contributed by atoms with Crippen LogP contribution in [0.1, 0.15) is 43.7 Å². The van der Waals surface area contributed by atoms with Crippen LogP contribution in [0.3, 0.4) is 0 Å². The Hall–Kier alpha value is -1.69. The molecule has 2 heterocycles. The highest BCUT2D eigenvalue weighted by Crippen LogP contribution is 2.19. The first-order chi connectivity index (χ1) is 8.56. The Kier molecular flexibility index (Phi) is 3.76. The second kappa shape index (κ2) is 5.30. The van der Waals surface area contributed by atoms with E-state index in [4.69, 9.17) is 10.3 Å². The van der Waals surface area contributed by atoms with Crippen molar-refractivity contribution < 1.29 is 4.52 Å². The average molecular weight is 249 g/mol. The third kappa shape index (κ3) is 2.95. The Bertz CT molecular complexity index is 502. The number of nitrogens with two attached hydrogens (primary N) is 1. The van der Waals surface area contributed by atoms with Crippen LogP contribution in [0.2, 0.25) is 0 Å². The van der Waals surface area contributed by atoms with Gasteiger partial charge in [0, 0.05) is 12.2 Å². The van der Waals surface area contributed by atoms with Crippen molar-refractivity contribution in [2.45, 2.75) is 39.8 Å². The molecular weight excluding hydrogens is 230 g/mol. The molecule has 0 aromatic carbocycles. The maximum atomic E-state index is 6.17. The van der Waals surface area contributed by atoms with Gasteiger partial charge in [0.1, 0.15) is 6.54 Å². The zero-order valence-corrected chi connectivity index (χ0v) is 11.0. The third-order valence-corrected chi connectivity index (χ3v) is 2.72. The maximum Gasteiger partial charge on any atom is 0.246 e. The average Bonchev–Trinajstić information content (AvgIpc) is 2.87. The summed E-state index contributed by atoms with van der Waals surface area (Å²) in [6.07, 6.45) is 4.47. The molecule has 1 unspecified atom stereocenters. The fourth-order valence-electron chi connectivity index (χ4n) is 1.95. The lowest BCUT2D eigenvalue weighted by Crippen LogP contribution is -2.17. The summed E-state index contributed by atoms with van der Waals surface area (Å²) in [5.74, 6) is 1.76. The standard InChI is InChI=1S/C12H19N5O/c1-8(2)4-10(13)11-5-14-7-17(11)6-12-15-9(3)16-18-12/h5,7-8,10H,4,6,13H2,1-3H3. The lowest BCUT2D eigenvalue weighted by Gasteiger charge is -2.15. The molecule has 2 aromatic rings. The molecule has 0 saturated carbocycles. The van der Waals surface area contributed by atoms with Gasteiger partial charge in [0.05, 0.1) is 12.0 Å². The predicted octanol–water partition coefficient (Wildman–Crippen LogP) is 1.67. The molecule has 0 bridgehead atoms. The summed E-state index contributed by atoms with van der Waals surface area (Å²) in [6, 6.07) is -0.0171. The van der Waals surface area contributed by atoms with Gasteiger partial charge < -0.3 is 14.8 Å². The van der Waals surface area contributed by atoms with Crippen molar-refractivity contribution in [2.24, 2.45) is 11.7 Å². The van der Waals surface area contributed by atoms with Crippen LogP contribution in [0.25, 0.3) is 0 Å². The maximum absolute atomic E-state index is 6.17. The Morgan fingerprint density at radius 3 is 2.83 bits per heavy atom. The van der Waals surface area contributed by atoms with Crippen molar-refractivity contribution in [2.75, 3.05) is 0 Å². The zero-order valence-electron chi connectivity index (χ0n) is 11.0. The number of aromatic nitrogens is 4. The number of rotatable bonds is 5. The second-order valence-corrected chi connectivity index (χ2v) is 4.92. The molecule has 0 fully saturated rings. The van der Waals surface area contributed by atoms with Gasteiger partial charge in [-0.1, -0.05) is 19.0 Å². The SMILES string of the molecule is Cc1noc(Cn2cncc2C(N)CC(C)C)n1. The van der Waals surface area contributed by atoms with Crippen LogP contribution in [0, 0.1) is 12.8 Å². The molecule has 0 radical (unpaired) electrons. The van der Waals surface area contributed by atoms with Crippen LogP contribution in [0.5, 0.6) is 0 Å². The Morgan fingerprint density at radius 1 is 1.44 bits per heavy atom. The van der Waals surface area contributed by atoms with Gasteiger partial charge in [-0.2, -0.15) is 4.98 Å². The first kappa shape index (κ1) is 12.8. The predicted molar refractivity (Wildman–Crippen MR) is 66.7 cm³/mol. The summed E-state index contributed by atoms with van der Waals surface area (Å²) in [4.78, 5) is 8.33. The minimum atomic E-state index is -0.0171. The van der Waals surface area contributed by atoms with E-state index in [1.807, 2.05) is 4.57 Å². The molecule has 2 rings (SSSR count). The molecule has 0 aliphatic rings. The van der Waals surface area contributed by atoms with Crippen LogP contribution >= 0.6 is 0 Å². The highest BCUT2D eigenvalue weighted by molar-refractivity contribution is 5.06. The summed E-state index contributed by atoms with van der Waals surface area (Å²) in [7, 11) is 0. The van der Waals surface area contributed by atoms with E-state index >= 15 is 0 Å². The molecule has 6 nitrogen and oxygen atoms in total. The lowest BCUT2D eigenvalue weighted by atomic mass is 10.0. The van der Waals surface area contributed by atoms with Gasteiger partial charge in [0.15, 0.2) is 5.82 Å². The molecule has 0 aliphatic carbocycles. The topological polar surface area (TPSA) is 82.8 Å². The fourth-order valence-corrected chi connectivity index (χ4v) is 1.95. The van der Waals surface area contributed by atoms with Crippen molar-refractivity contribution in [1.29, 1.82) is 0 Å². The van der Waals surface area contributed by atoms with Crippen LogP contribution in [-0.4, -0.2) is 19.7 Å². The smallest absolute Gasteiger partial charge is 0.246 e. The zero-order chi connectivity index (χ0) is 13.1. The number of imidazole rings is 1. The largest absolute Gasteiger partial charge is 0.337 e. The first-order valence-corrected chi connectivity index (χ1v) is 6.11. The molecule has 0 saturated heterocycles. The Balaban J connectivity index is 2.12. The van der Waals surface area contributed by atoms with Crippen molar-refractivity contribution >= 4 is 0 Å². The van der Waals surface area contributed by atoms with Crippen LogP contribution in [0.15, 0.2) is 17.0 Å². The second-order valence-electron chi connectivity index (χ2n) is 4.92. The minimum Gasteiger partial charge on any atom is -0.337 e. The summed E-state index contributed by atoms with van der Waals surface area (Å²) in [6.45, 7) is 6.62. The molecule has 6 heteroatoms. The molecule has 0 spiro atoms. The minimum absolute atomic E-state index is 0.0171. The normalized spacial score (nSPS) is 13.2. The summed E-state index contributed by atoms with van der Waals surface area (Å²) >= 11 is 0. The summed E-state index contributed by atoms with van der Waals surface area (Å²) in [5.41, 5.74) is 7.17. The Labute approximate surface area is 106 Å². The molecule has 98 valence electrons. The van der Waals surface area contributed by atoms with E-state index in [0.717, 1.165) is 12.1 Å². The van der Waals surface area contributed by atoms with E-state index in [0.29, 0.717) is 24.2 Å². The van der Waals surface area contributed by atoms with Gasteiger partial charge >= 0.3 is 0 Å². The van der Waals surface area contributed by atoms with Gasteiger partial charge in [-0.15, -0.1) is 0 Å². The van der Waals surface area contributed by atoms with Crippen LogP contribution < -0.4 is 5.73 Å². The number of aryl methyl sites for hydroxylation is 1. The van der Waals surface area contributed by atoms with Gasteiger partial charge in [-0.25, -0.2) is 4.98 Å². The molecule has 0 amide bonds.